The number of ether oxygens (including phenoxy) is 1. The second kappa shape index (κ2) is 5.38. The molecule has 0 amide bonds. The third kappa shape index (κ3) is 4.26. The van der Waals surface area contributed by atoms with Crippen LogP contribution in [0.4, 0.5) is 0 Å². The fraction of sp³-hybridized carbons (Fsp3) is 0.600. The molecule has 1 aromatic carbocycles. The summed E-state index contributed by atoms with van der Waals surface area (Å²) in [7, 11) is 0. The van der Waals surface area contributed by atoms with Crippen molar-refractivity contribution in [3.05, 3.63) is 29.3 Å². The average molecular weight is 220 g/mol. The predicted molar refractivity (Wildman–Crippen MR) is 70.1 cm³/mol. The van der Waals surface area contributed by atoms with Gasteiger partial charge in [0, 0.05) is 0 Å². The molecule has 90 valence electrons. The lowest BCUT2D eigenvalue weighted by Crippen LogP contribution is -2.11. The second-order valence-corrected chi connectivity index (χ2v) is 5.61. The molecule has 0 spiro atoms. The standard InChI is InChI=1S/C15H24O/c1-6-13-8-7-12(2)14(11-13)16-10-9-15(3,4)5/h7-8,11H,6,9-10H2,1-5H3. The maximum Gasteiger partial charge on any atom is 0.122 e. The van der Waals surface area contributed by atoms with Crippen LogP contribution in [0.15, 0.2) is 18.2 Å². The molecule has 1 nitrogen and oxygen atoms in total. The van der Waals surface area contributed by atoms with Crippen molar-refractivity contribution in [2.24, 2.45) is 5.41 Å². The van der Waals surface area contributed by atoms with E-state index in [2.05, 4.69) is 52.8 Å². The zero-order valence-corrected chi connectivity index (χ0v) is 11.3. The maximum absolute atomic E-state index is 5.86. The van der Waals surface area contributed by atoms with Crippen LogP contribution in [0.25, 0.3) is 0 Å². The van der Waals surface area contributed by atoms with Crippen molar-refractivity contribution in [2.75, 3.05) is 6.61 Å². The summed E-state index contributed by atoms with van der Waals surface area (Å²) in [6.45, 7) is 11.8. The Kier molecular flexibility index (Phi) is 4.40. The van der Waals surface area contributed by atoms with Crippen LogP contribution >= 0.6 is 0 Å². The molecule has 16 heavy (non-hydrogen) atoms. The molecule has 1 aromatic rings. The van der Waals surface area contributed by atoms with Gasteiger partial charge in [-0.25, -0.2) is 0 Å². The number of aryl methyl sites for hydroxylation is 2. The molecule has 0 aromatic heterocycles. The van der Waals surface area contributed by atoms with Crippen LogP contribution in [0.5, 0.6) is 5.75 Å². The van der Waals surface area contributed by atoms with Crippen LogP contribution in [-0.4, -0.2) is 6.61 Å². The third-order valence-corrected chi connectivity index (χ3v) is 2.77. The molecule has 0 heterocycles. The molecule has 0 aliphatic heterocycles. The molecule has 0 bridgehead atoms. The first-order chi connectivity index (χ1) is 7.42. The summed E-state index contributed by atoms with van der Waals surface area (Å²) < 4.78 is 5.86. The first kappa shape index (κ1) is 13.1. The summed E-state index contributed by atoms with van der Waals surface area (Å²) in [5.74, 6) is 1.04. The van der Waals surface area contributed by atoms with E-state index in [0.717, 1.165) is 25.2 Å². The topological polar surface area (TPSA) is 9.23 Å². The van der Waals surface area contributed by atoms with Crippen molar-refractivity contribution in [1.82, 2.24) is 0 Å². The van der Waals surface area contributed by atoms with Gasteiger partial charge in [0.2, 0.25) is 0 Å². The van der Waals surface area contributed by atoms with Crippen LogP contribution in [0.2, 0.25) is 0 Å². The molecule has 0 N–H and O–H groups in total. The van der Waals surface area contributed by atoms with Gasteiger partial charge in [-0.3, -0.25) is 0 Å². The van der Waals surface area contributed by atoms with Crippen molar-refractivity contribution in [3.8, 4) is 5.75 Å². The summed E-state index contributed by atoms with van der Waals surface area (Å²) in [5, 5.41) is 0. The molecule has 0 aliphatic carbocycles. The van der Waals surface area contributed by atoms with Crippen LogP contribution in [-0.2, 0) is 6.42 Å². The highest BCUT2D eigenvalue weighted by Gasteiger charge is 2.10. The normalized spacial score (nSPS) is 11.6. The fourth-order valence-electron chi connectivity index (χ4n) is 1.49. The Morgan fingerprint density at radius 3 is 2.44 bits per heavy atom. The Balaban J connectivity index is 2.59. The Morgan fingerprint density at radius 1 is 1.19 bits per heavy atom. The summed E-state index contributed by atoms with van der Waals surface area (Å²) in [6.07, 6.45) is 2.15. The smallest absolute Gasteiger partial charge is 0.122 e. The van der Waals surface area contributed by atoms with Gasteiger partial charge in [-0.15, -0.1) is 0 Å². The minimum atomic E-state index is 0.344. The van der Waals surface area contributed by atoms with E-state index < -0.39 is 0 Å². The molecule has 0 radical (unpaired) electrons. The number of hydrogen-bond donors (Lipinski definition) is 0. The zero-order valence-electron chi connectivity index (χ0n) is 11.3. The van der Waals surface area contributed by atoms with E-state index in [1.54, 1.807) is 0 Å². The maximum atomic E-state index is 5.86. The molecule has 1 heteroatoms. The second-order valence-electron chi connectivity index (χ2n) is 5.61. The SMILES string of the molecule is CCc1ccc(C)c(OCCC(C)(C)C)c1. The summed E-state index contributed by atoms with van der Waals surface area (Å²) >= 11 is 0. The Labute approximate surface area is 99.8 Å². The van der Waals surface area contributed by atoms with Gasteiger partial charge in [-0.05, 0) is 42.4 Å². The van der Waals surface area contributed by atoms with Gasteiger partial charge in [0.05, 0.1) is 6.61 Å². The Hall–Kier alpha value is -0.980. The van der Waals surface area contributed by atoms with Crippen molar-refractivity contribution >= 4 is 0 Å². The minimum Gasteiger partial charge on any atom is -0.493 e. The predicted octanol–water partition coefficient (Wildman–Crippen LogP) is 4.37. The highest BCUT2D eigenvalue weighted by atomic mass is 16.5. The van der Waals surface area contributed by atoms with E-state index in [1.165, 1.54) is 11.1 Å². The molecule has 0 saturated heterocycles. The number of benzene rings is 1. The highest BCUT2D eigenvalue weighted by molar-refractivity contribution is 5.36. The van der Waals surface area contributed by atoms with E-state index in [9.17, 15) is 0 Å². The lowest BCUT2D eigenvalue weighted by molar-refractivity contribution is 0.242. The van der Waals surface area contributed by atoms with Crippen LogP contribution in [0.3, 0.4) is 0 Å². The molecule has 0 fully saturated rings. The lowest BCUT2D eigenvalue weighted by Gasteiger charge is -2.19. The molecular formula is C15H24O. The highest BCUT2D eigenvalue weighted by Crippen LogP contribution is 2.23. The van der Waals surface area contributed by atoms with E-state index >= 15 is 0 Å². The fourth-order valence-corrected chi connectivity index (χ4v) is 1.49. The minimum absolute atomic E-state index is 0.344. The van der Waals surface area contributed by atoms with Gasteiger partial charge >= 0.3 is 0 Å². The first-order valence-electron chi connectivity index (χ1n) is 6.15. The van der Waals surface area contributed by atoms with Crippen LogP contribution in [0.1, 0.15) is 45.2 Å². The third-order valence-electron chi connectivity index (χ3n) is 2.77. The van der Waals surface area contributed by atoms with E-state index in [4.69, 9.17) is 4.74 Å². The van der Waals surface area contributed by atoms with Crippen molar-refractivity contribution < 1.29 is 4.74 Å². The van der Waals surface area contributed by atoms with Gasteiger partial charge < -0.3 is 4.74 Å². The zero-order chi connectivity index (χ0) is 12.2. The summed E-state index contributed by atoms with van der Waals surface area (Å²) in [5.41, 5.74) is 2.92. The van der Waals surface area contributed by atoms with Crippen LogP contribution in [0, 0.1) is 12.3 Å². The number of hydrogen-bond acceptors (Lipinski definition) is 1. The Bertz CT molecular complexity index is 334. The van der Waals surface area contributed by atoms with Crippen molar-refractivity contribution in [1.29, 1.82) is 0 Å². The van der Waals surface area contributed by atoms with Gasteiger partial charge in [0.25, 0.3) is 0 Å². The monoisotopic (exact) mass is 220 g/mol. The lowest BCUT2D eigenvalue weighted by atomic mass is 9.93. The largest absolute Gasteiger partial charge is 0.493 e. The first-order valence-corrected chi connectivity index (χ1v) is 6.15. The molecule has 0 saturated carbocycles. The van der Waals surface area contributed by atoms with Gasteiger partial charge in [-0.1, -0.05) is 39.8 Å². The van der Waals surface area contributed by atoms with E-state index in [0.29, 0.717) is 5.41 Å². The molecular weight excluding hydrogens is 196 g/mol. The van der Waals surface area contributed by atoms with Gasteiger partial charge in [0.1, 0.15) is 5.75 Å². The summed E-state index contributed by atoms with van der Waals surface area (Å²) in [6, 6.07) is 6.48. The summed E-state index contributed by atoms with van der Waals surface area (Å²) in [4.78, 5) is 0. The number of rotatable bonds is 4. The average Bonchev–Trinajstić information content (AvgIpc) is 2.19. The van der Waals surface area contributed by atoms with Gasteiger partial charge in [0.15, 0.2) is 0 Å². The van der Waals surface area contributed by atoms with Crippen molar-refractivity contribution in [2.45, 2.75) is 47.5 Å². The van der Waals surface area contributed by atoms with E-state index in [-0.39, 0.29) is 0 Å². The molecule has 0 unspecified atom stereocenters. The van der Waals surface area contributed by atoms with Crippen molar-refractivity contribution in [3.63, 3.8) is 0 Å². The molecule has 0 aliphatic rings. The van der Waals surface area contributed by atoms with Crippen LogP contribution < -0.4 is 4.74 Å². The van der Waals surface area contributed by atoms with Gasteiger partial charge in [-0.2, -0.15) is 0 Å². The molecule has 0 atom stereocenters. The quantitative estimate of drug-likeness (QED) is 0.732. The van der Waals surface area contributed by atoms with E-state index in [1.807, 2.05) is 0 Å². The molecule has 1 rings (SSSR count). The Morgan fingerprint density at radius 2 is 1.88 bits per heavy atom.